The highest BCUT2D eigenvalue weighted by molar-refractivity contribution is 5.92. The number of hydrogen-bond acceptors (Lipinski definition) is 4. The molecule has 21 heavy (non-hydrogen) atoms. The van der Waals surface area contributed by atoms with Crippen LogP contribution in [0.5, 0.6) is 0 Å². The van der Waals surface area contributed by atoms with Crippen molar-refractivity contribution in [2.45, 2.75) is 18.9 Å². The summed E-state index contributed by atoms with van der Waals surface area (Å²) >= 11 is 0. The lowest BCUT2D eigenvalue weighted by atomic mass is 9.80. The number of pyridine rings is 1. The average Bonchev–Trinajstić information content (AvgIpc) is 2.96. The molecule has 0 bridgehead atoms. The zero-order valence-corrected chi connectivity index (χ0v) is 11.1. The Balaban J connectivity index is 1.66. The first-order chi connectivity index (χ1) is 10.1. The summed E-state index contributed by atoms with van der Waals surface area (Å²) in [6.45, 7) is 0. The molecule has 0 unspecified atom stereocenters. The first-order valence-electron chi connectivity index (χ1n) is 6.64. The van der Waals surface area contributed by atoms with Gasteiger partial charge >= 0.3 is 5.97 Å². The number of hydrogen-bond donors (Lipinski definition) is 2. The maximum atomic E-state index is 12.1. The van der Waals surface area contributed by atoms with E-state index in [1.54, 1.807) is 41.3 Å². The van der Waals surface area contributed by atoms with Crippen LogP contribution in [-0.2, 0) is 4.79 Å². The summed E-state index contributed by atoms with van der Waals surface area (Å²) in [5, 5.41) is 15.7. The predicted octanol–water partition coefficient (Wildman–Crippen LogP) is 0.860. The van der Waals surface area contributed by atoms with Crippen LogP contribution in [0.4, 0.5) is 0 Å². The van der Waals surface area contributed by atoms with Crippen molar-refractivity contribution in [2.75, 3.05) is 0 Å². The van der Waals surface area contributed by atoms with Gasteiger partial charge in [0.1, 0.15) is 5.69 Å². The third-order valence-electron chi connectivity index (χ3n) is 3.53. The highest BCUT2D eigenvalue weighted by atomic mass is 16.4. The first kappa shape index (κ1) is 13.3. The van der Waals surface area contributed by atoms with Crippen LogP contribution in [0.2, 0.25) is 0 Å². The Hall–Kier alpha value is -2.70. The molecule has 2 aromatic heterocycles. The van der Waals surface area contributed by atoms with E-state index in [1.165, 1.54) is 0 Å². The molecule has 1 fully saturated rings. The van der Waals surface area contributed by atoms with E-state index in [1.807, 2.05) is 0 Å². The van der Waals surface area contributed by atoms with Gasteiger partial charge in [-0.2, -0.15) is 5.10 Å². The second-order valence-electron chi connectivity index (χ2n) is 5.01. The molecular formula is C14H14N4O3. The van der Waals surface area contributed by atoms with Crippen LogP contribution < -0.4 is 5.32 Å². The van der Waals surface area contributed by atoms with E-state index < -0.39 is 5.97 Å². The van der Waals surface area contributed by atoms with Gasteiger partial charge in [0.25, 0.3) is 5.91 Å². The molecule has 0 aliphatic heterocycles. The summed E-state index contributed by atoms with van der Waals surface area (Å²) < 4.78 is 1.57. The van der Waals surface area contributed by atoms with Gasteiger partial charge < -0.3 is 10.4 Å². The molecule has 2 heterocycles. The Morgan fingerprint density at radius 1 is 1.29 bits per heavy atom. The quantitative estimate of drug-likeness (QED) is 0.868. The lowest BCUT2D eigenvalue weighted by molar-refractivity contribution is -0.145. The minimum atomic E-state index is -0.806. The molecule has 108 valence electrons. The molecular weight excluding hydrogens is 272 g/mol. The topological polar surface area (TPSA) is 97.1 Å². The molecule has 0 aromatic carbocycles. The van der Waals surface area contributed by atoms with Crippen LogP contribution in [0.25, 0.3) is 5.82 Å². The number of carboxylic acids is 1. The van der Waals surface area contributed by atoms with Gasteiger partial charge in [0.15, 0.2) is 5.82 Å². The number of carboxylic acid groups (broad SMARTS) is 1. The lowest BCUT2D eigenvalue weighted by Crippen LogP contribution is -2.46. The van der Waals surface area contributed by atoms with Crippen molar-refractivity contribution in [3.63, 3.8) is 0 Å². The summed E-state index contributed by atoms with van der Waals surface area (Å²) in [5.74, 6) is -0.888. The Labute approximate surface area is 120 Å². The number of nitrogens with zero attached hydrogens (tertiary/aromatic N) is 3. The van der Waals surface area contributed by atoms with Crippen LogP contribution in [0.15, 0.2) is 36.7 Å². The molecule has 0 atom stereocenters. The number of amides is 1. The molecule has 2 aromatic rings. The van der Waals surface area contributed by atoms with E-state index in [4.69, 9.17) is 5.11 Å². The Kier molecular flexibility index (Phi) is 3.39. The second-order valence-corrected chi connectivity index (χ2v) is 5.01. The summed E-state index contributed by atoms with van der Waals surface area (Å²) in [4.78, 5) is 27.1. The highest BCUT2D eigenvalue weighted by Gasteiger charge is 2.35. The van der Waals surface area contributed by atoms with Crippen molar-refractivity contribution < 1.29 is 14.7 Å². The van der Waals surface area contributed by atoms with Gasteiger partial charge in [-0.05, 0) is 31.0 Å². The number of carbonyl (C=O) groups is 2. The number of carbonyl (C=O) groups excluding carboxylic acids is 1. The van der Waals surface area contributed by atoms with Crippen molar-refractivity contribution in [3.8, 4) is 5.82 Å². The first-order valence-corrected chi connectivity index (χ1v) is 6.64. The maximum absolute atomic E-state index is 12.1. The summed E-state index contributed by atoms with van der Waals surface area (Å²) in [6.07, 6.45) is 4.32. The number of rotatable bonds is 4. The van der Waals surface area contributed by atoms with E-state index in [0.717, 1.165) is 0 Å². The molecule has 1 saturated carbocycles. The van der Waals surface area contributed by atoms with E-state index in [0.29, 0.717) is 24.4 Å². The van der Waals surface area contributed by atoms with Crippen LogP contribution in [0.3, 0.4) is 0 Å². The standard InChI is InChI=1S/C14H14N4O3/c19-13(16-10-7-9(8-10)14(20)21)11-3-1-4-12(17-11)18-6-2-5-15-18/h1-6,9-10H,7-8H2,(H,16,19)(H,20,21). The zero-order chi connectivity index (χ0) is 14.8. The third kappa shape index (κ3) is 2.76. The molecule has 1 amide bonds. The Morgan fingerprint density at radius 3 is 2.76 bits per heavy atom. The van der Waals surface area contributed by atoms with Gasteiger partial charge in [0.2, 0.25) is 0 Å². The van der Waals surface area contributed by atoms with Crippen LogP contribution >= 0.6 is 0 Å². The average molecular weight is 286 g/mol. The second kappa shape index (κ2) is 5.35. The smallest absolute Gasteiger partial charge is 0.306 e. The van der Waals surface area contributed by atoms with Crippen LogP contribution in [0, 0.1) is 5.92 Å². The molecule has 0 spiro atoms. The number of nitrogens with one attached hydrogen (secondary N) is 1. The molecule has 7 heteroatoms. The SMILES string of the molecule is O=C(NC1CC(C(=O)O)C1)c1cccc(-n2cccn2)n1. The van der Waals surface area contributed by atoms with Gasteiger partial charge in [-0.25, -0.2) is 9.67 Å². The highest BCUT2D eigenvalue weighted by Crippen LogP contribution is 2.27. The molecule has 3 rings (SSSR count). The third-order valence-corrected chi connectivity index (χ3v) is 3.53. The van der Waals surface area contributed by atoms with Crippen molar-refractivity contribution in [2.24, 2.45) is 5.92 Å². The molecule has 0 radical (unpaired) electrons. The number of aliphatic carboxylic acids is 1. The molecule has 7 nitrogen and oxygen atoms in total. The van der Waals surface area contributed by atoms with Crippen molar-refractivity contribution in [1.82, 2.24) is 20.1 Å². The Bertz CT molecular complexity index is 663. The largest absolute Gasteiger partial charge is 0.481 e. The van der Waals surface area contributed by atoms with Gasteiger partial charge in [-0.1, -0.05) is 6.07 Å². The monoisotopic (exact) mass is 286 g/mol. The van der Waals surface area contributed by atoms with Crippen molar-refractivity contribution in [1.29, 1.82) is 0 Å². The molecule has 1 aliphatic carbocycles. The van der Waals surface area contributed by atoms with Gasteiger partial charge in [0.05, 0.1) is 5.92 Å². The summed E-state index contributed by atoms with van der Waals surface area (Å²) in [7, 11) is 0. The van der Waals surface area contributed by atoms with E-state index >= 15 is 0 Å². The van der Waals surface area contributed by atoms with E-state index in [9.17, 15) is 9.59 Å². The normalized spacial score (nSPS) is 20.6. The van der Waals surface area contributed by atoms with Crippen LogP contribution in [0.1, 0.15) is 23.3 Å². The predicted molar refractivity (Wildman–Crippen MR) is 73.0 cm³/mol. The van der Waals surface area contributed by atoms with Gasteiger partial charge in [0, 0.05) is 18.4 Å². The molecule has 2 N–H and O–H groups in total. The van der Waals surface area contributed by atoms with Gasteiger partial charge in [-0.15, -0.1) is 0 Å². The van der Waals surface area contributed by atoms with Gasteiger partial charge in [-0.3, -0.25) is 9.59 Å². The van der Waals surface area contributed by atoms with Crippen molar-refractivity contribution in [3.05, 3.63) is 42.4 Å². The fourth-order valence-corrected chi connectivity index (χ4v) is 2.28. The molecule has 1 aliphatic rings. The van der Waals surface area contributed by atoms with Crippen molar-refractivity contribution >= 4 is 11.9 Å². The minimum absolute atomic E-state index is 0.0891. The fraction of sp³-hybridized carbons (Fsp3) is 0.286. The lowest BCUT2D eigenvalue weighted by Gasteiger charge is -2.32. The maximum Gasteiger partial charge on any atom is 0.306 e. The fourth-order valence-electron chi connectivity index (χ4n) is 2.28. The Morgan fingerprint density at radius 2 is 2.10 bits per heavy atom. The van der Waals surface area contributed by atoms with E-state index in [2.05, 4.69) is 15.4 Å². The zero-order valence-electron chi connectivity index (χ0n) is 11.1. The summed E-state index contributed by atoms with van der Waals surface area (Å²) in [6, 6.07) is 6.80. The van der Waals surface area contributed by atoms with E-state index in [-0.39, 0.29) is 17.9 Å². The minimum Gasteiger partial charge on any atom is -0.481 e. The van der Waals surface area contributed by atoms with Crippen LogP contribution in [-0.4, -0.2) is 37.8 Å². The summed E-state index contributed by atoms with van der Waals surface area (Å²) in [5.41, 5.74) is 0.293. The molecule has 0 saturated heterocycles. The number of aromatic nitrogens is 3.